The Morgan fingerprint density at radius 2 is 1.77 bits per heavy atom. The van der Waals surface area contributed by atoms with Crippen molar-refractivity contribution in [3.05, 3.63) is 47.0 Å². The maximum absolute atomic E-state index is 13.9. The topological polar surface area (TPSA) is 134 Å². The number of hydrogen-bond acceptors (Lipinski definition) is 8. The van der Waals surface area contributed by atoms with Crippen LogP contribution in [-0.2, 0) is 14.3 Å². The molecule has 1 aromatic rings. The number of ether oxygens (including phenoxy) is 2. The number of rotatable bonds is 2. The van der Waals surface area contributed by atoms with Crippen LogP contribution in [0.4, 0.5) is 0 Å². The Hall–Kier alpha value is -2.10. The number of aliphatic hydroxyl groups excluding tert-OH is 2. The summed E-state index contributed by atoms with van der Waals surface area (Å²) in [6, 6.07) is 8.28. The van der Waals surface area contributed by atoms with E-state index in [0.717, 1.165) is 0 Å². The van der Waals surface area contributed by atoms with E-state index in [-0.39, 0.29) is 37.2 Å². The lowest BCUT2D eigenvalue weighted by Crippen LogP contribution is -2.80. The van der Waals surface area contributed by atoms with Gasteiger partial charge in [-0.05, 0) is 31.6 Å². The summed E-state index contributed by atoms with van der Waals surface area (Å²) < 4.78 is 11.6. The lowest BCUT2D eigenvalue weighted by Gasteiger charge is -2.66. The van der Waals surface area contributed by atoms with Crippen LogP contribution in [0, 0.1) is 16.7 Å². The zero-order valence-corrected chi connectivity index (χ0v) is 20.5. The SMILES string of the molecule is CC1=C2CC(=O)[C@]3(C)C(O)CC4OCC4(O)C3C(OC(=O)c3ccccc3)C(O)(CC1O)C2(C)C. The Balaban J connectivity index is 1.75. The molecule has 0 spiro atoms. The summed E-state index contributed by atoms with van der Waals surface area (Å²) in [5.74, 6) is -2.21. The van der Waals surface area contributed by atoms with E-state index in [1.165, 1.54) is 0 Å². The van der Waals surface area contributed by atoms with Crippen molar-refractivity contribution in [2.75, 3.05) is 6.61 Å². The van der Waals surface area contributed by atoms with Crippen LogP contribution >= 0.6 is 0 Å². The number of fused-ring (bicyclic) bond motifs is 5. The van der Waals surface area contributed by atoms with Gasteiger partial charge < -0.3 is 29.9 Å². The minimum absolute atomic E-state index is 0.0526. The molecule has 8 heteroatoms. The standard InChI is InChI=1S/C27H34O8/c1-14-16-10-18(29)25(4)19(30)11-20-26(32,13-34-20)21(25)22(27(33,12-17(14)28)24(16,2)3)35-23(31)15-8-6-5-7-9-15/h5-9,17,19-22,28,30,32-33H,10-13H2,1-4H3/t17?,19?,20?,21?,22?,25-,26?,27?/m1/s1. The molecule has 0 aromatic heterocycles. The van der Waals surface area contributed by atoms with E-state index in [1.54, 1.807) is 58.0 Å². The van der Waals surface area contributed by atoms with Gasteiger partial charge in [0.2, 0.25) is 0 Å². The minimum Gasteiger partial charge on any atom is -0.455 e. The number of hydrogen-bond donors (Lipinski definition) is 4. The average Bonchev–Trinajstić information content (AvgIpc) is 2.81. The molecular formula is C27H34O8. The molecule has 2 bridgehead atoms. The van der Waals surface area contributed by atoms with Crippen molar-refractivity contribution in [2.45, 2.75) is 82.6 Å². The van der Waals surface area contributed by atoms with Gasteiger partial charge in [-0.3, -0.25) is 4.79 Å². The molecule has 8 nitrogen and oxygen atoms in total. The highest BCUT2D eigenvalue weighted by Crippen LogP contribution is 2.62. The van der Waals surface area contributed by atoms with Gasteiger partial charge in [0.25, 0.3) is 0 Å². The highest BCUT2D eigenvalue weighted by Gasteiger charge is 2.74. The lowest BCUT2D eigenvalue weighted by atomic mass is 9.45. The van der Waals surface area contributed by atoms with Gasteiger partial charge in [0.1, 0.15) is 23.1 Å². The summed E-state index contributed by atoms with van der Waals surface area (Å²) in [6.45, 7) is 6.76. The first kappa shape index (κ1) is 24.6. The number of carbonyl (C=O) groups is 2. The van der Waals surface area contributed by atoms with Crippen molar-refractivity contribution in [1.29, 1.82) is 0 Å². The van der Waals surface area contributed by atoms with Gasteiger partial charge in [-0.25, -0.2) is 4.79 Å². The molecule has 3 aliphatic carbocycles. The third kappa shape index (κ3) is 3.10. The maximum Gasteiger partial charge on any atom is 0.338 e. The molecule has 8 atom stereocenters. The molecule has 190 valence electrons. The molecule has 7 unspecified atom stereocenters. The molecular weight excluding hydrogens is 452 g/mol. The molecule has 2 saturated carbocycles. The summed E-state index contributed by atoms with van der Waals surface area (Å²) in [5.41, 5.74) is -4.63. The van der Waals surface area contributed by atoms with Gasteiger partial charge in [0, 0.05) is 30.6 Å². The molecule has 3 fully saturated rings. The molecule has 1 heterocycles. The van der Waals surface area contributed by atoms with E-state index in [1.807, 2.05) is 0 Å². The van der Waals surface area contributed by atoms with Gasteiger partial charge >= 0.3 is 5.97 Å². The van der Waals surface area contributed by atoms with Crippen molar-refractivity contribution < 1.29 is 39.5 Å². The Morgan fingerprint density at radius 3 is 2.37 bits per heavy atom. The second kappa shape index (κ2) is 7.70. The van der Waals surface area contributed by atoms with Gasteiger partial charge in [-0.2, -0.15) is 0 Å². The fourth-order valence-corrected chi connectivity index (χ4v) is 7.08. The molecule has 4 N–H and O–H groups in total. The third-order valence-electron chi connectivity index (χ3n) is 9.66. The largest absolute Gasteiger partial charge is 0.455 e. The smallest absolute Gasteiger partial charge is 0.338 e. The Bertz CT molecular complexity index is 1100. The van der Waals surface area contributed by atoms with E-state index >= 15 is 0 Å². The van der Waals surface area contributed by atoms with Crippen molar-refractivity contribution in [2.24, 2.45) is 16.7 Å². The first-order valence-electron chi connectivity index (χ1n) is 12.2. The molecule has 4 aliphatic rings. The molecule has 0 radical (unpaired) electrons. The first-order valence-corrected chi connectivity index (χ1v) is 12.2. The van der Waals surface area contributed by atoms with Crippen molar-refractivity contribution in [3.8, 4) is 0 Å². The Labute approximate surface area is 204 Å². The van der Waals surface area contributed by atoms with Crippen molar-refractivity contribution in [1.82, 2.24) is 0 Å². The van der Waals surface area contributed by atoms with Crippen LogP contribution in [0.25, 0.3) is 0 Å². The number of Topliss-reactive ketones (excluding diaryl/α,β-unsaturated/α-hetero) is 1. The van der Waals surface area contributed by atoms with Crippen LogP contribution in [0.5, 0.6) is 0 Å². The second-order valence-corrected chi connectivity index (χ2v) is 11.5. The van der Waals surface area contributed by atoms with Crippen LogP contribution in [-0.4, -0.2) is 74.4 Å². The van der Waals surface area contributed by atoms with E-state index in [4.69, 9.17) is 9.47 Å². The molecule has 1 aliphatic heterocycles. The van der Waals surface area contributed by atoms with Crippen LogP contribution in [0.15, 0.2) is 41.5 Å². The van der Waals surface area contributed by atoms with Gasteiger partial charge in [0.15, 0.2) is 0 Å². The molecule has 1 aromatic carbocycles. The summed E-state index contributed by atoms with van der Waals surface area (Å²) >= 11 is 0. The van der Waals surface area contributed by atoms with Gasteiger partial charge in [0.05, 0.1) is 35.9 Å². The van der Waals surface area contributed by atoms with Crippen LogP contribution < -0.4 is 0 Å². The number of esters is 1. The number of ketones is 1. The number of benzene rings is 1. The van der Waals surface area contributed by atoms with Crippen LogP contribution in [0.1, 0.15) is 57.3 Å². The Kier molecular flexibility index (Phi) is 5.41. The highest BCUT2D eigenvalue weighted by atomic mass is 16.6. The summed E-state index contributed by atoms with van der Waals surface area (Å²) in [4.78, 5) is 27.3. The van der Waals surface area contributed by atoms with Gasteiger partial charge in [-0.15, -0.1) is 0 Å². The van der Waals surface area contributed by atoms with E-state index in [0.29, 0.717) is 11.1 Å². The molecule has 1 saturated heterocycles. The van der Waals surface area contributed by atoms with Crippen molar-refractivity contribution >= 4 is 11.8 Å². The summed E-state index contributed by atoms with van der Waals surface area (Å²) in [7, 11) is 0. The number of aliphatic hydroxyl groups is 4. The molecule has 0 amide bonds. The Morgan fingerprint density at radius 1 is 1.11 bits per heavy atom. The quantitative estimate of drug-likeness (QED) is 0.365. The first-order chi connectivity index (χ1) is 16.3. The monoisotopic (exact) mass is 486 g/mol. The van der Waals surface area contributed by atoms with E-state index in [9.17, 15) is 30.0 Å². The van der Waals surface area contributed by atoms with Gasteiger partial charge in [-0.1, -0.05) is 37.6 Å². The fraction of sp³-hybridized carbons (Fsp3) is 0.630. The predicted molar refractivity (Wildman–Crippen MR) is 124 cm³/mol. The maximum atomic E-state index is 13.9. The van der Waals surface area contributed by atoms with Crippen LogP contribution in [0.3, 0.4) is 0 Å². The zero-order valence-electron chi connectivity index (χ0n) is 20.5. The zero-order chi connectivity index (χ0) is 25.6. The third-order valence-corrected chi connectivity index (χ3v) is 9.66. The fourth-order valence-electron chi connectivity index (χ4n) is 7.08. The normalized spacial score (nSPS) is 44.3. The van der Waals surface area contributed by atoms with E-state index < -0.39 is 58.3 Å². The summed E-state index contributed by atoms with van der Waals surface area (Å²) in [5, 5.41) is 46.5. The van der Waals surface area contributed by atoms with Crippen molar-refractivity contribution in [3.63, 3.8) is 0 Å². The molecule has 5 rings (SSSR count). The predicted octanol–water partition coefficient (Wildman–Crippen LogP) is 1.54. The highest BCUT2D eigenvalue weighted by molar-refractivity contribution is 5.91. The van der Waals surface area contributed by atoms with Crippen LogP contribution in [0.2, 0.25) is 0 Å². The minimum atomic E-state index is -1.84. The number of carbonyl (C=O) groups excluding carboxylic acids is 2. The van der Waals surface area contributed by atoms with E-state index in [2.05, 4.69) is 0 Å². The summed E-state index contributed by atoms with van der Waals surface area (Å²) in [6.07, 6.45) is -4.61. The lowest BCUT2D eigenvalue weighted by molar-refractivity contribution is -0.342. The molecule has 35 heavy (non-hydrogen) atoms. The average molecular weight is 487 g/mol. The second-order valence-electron chi connectivity index (χ2n) is 11.5.